The van der Waals surface area contributed by atoms with Crippen molar-refractivity contribution in [3.63, 3.8) is 0 Å². The largest absolute Gasteiger partial charge is 0.354 e. The van der Waals surface area contributed by atoms with E-state index in [0.29, 0.717) is 0 Å². The third kappa shape index (κ3) is 6.70. The van der Waals surface area contributed by atoms with Crippen molar-refractivity contribution in [2.24, 2.45) is 7.05 Å². The maximum Gasteiger partial charge on any atom is 0.298 e. The van der Waals surface area contributed by atoms with Crippen molar-refractivity contribution in [2.45, 2.75) is 34.5 Å². The fourth-order valence-electron chi connectivity index (χ4n) is 6.46. The summed E-state index contributed by atoms with van der Waals surface area (Å²) in [5, 5.41) is 3.08. The highest BCUT2D eigenvalue weighted by molar-refractivity contribution is 7.87. The Hall–Kier alpha value is -5.37. The lowest BCUT2D eigenvalue weighted by molar-refractivity contribution is -0.118. The van der Waals surface area contributed by atoms with Crippen LogP contribution in [0.1, 0.15) is 50.8 Å². The second-order valence-corrected chi connectivity index (χ2v) is 17.3. The van der Waals surface area contributed by atoms with E-state index in [2.05, 4.69) is 13.7 Å². The molecule has 4 aromatic carbocycles. The summed E-state index contributed by atoms with van der Waals surface area (Å²) in [7, 11) is -9.38. The van der Waals surface area contributed by atoms with Gasteiger partial charge in [0.2, 0.25) is 0 Å². The minimum absolute atomic E-state index is 0.0128. The van der Waals surface area contributed by atoms with Crippen molar-refractivity contribution in [2.75, 3.05) is 26.6 Å². The molecule has 0 unspecified atom stereocenters. The van der Waals surface area contributed by atoms with Gasteiger partial charge in [-0.2, -0.15) is 25.3 Å². The second kappa shape index (κ2) is 14.4. The number of nitrogens with one attached hydrogen (secondary N) is 1. The van der Waals surface area contributed by atoms with E-state index >= 15 is 0 Å². The van der Waals surface area contributed by atoms with Crippen LogP contribution in [0.4, 0.5) is 11.4 Å². The van der Waals surface area contributed by atoms with E-state index in [-0.39, 0.29) is 78.3 Å². The lowest BCUT2D eigenvalue weighted by atomic mass is 9.80. The highest BCUT2D eigenvalue weighted by Crippen LogP contribution is 2.45. The molecule has 55 heavy (non-hydrogen) atoms. The number of rotatable bonds is 13. The zero-order valence-electron chi connectivity index (χ0n) is 29.8. The fraction of sp³-hybridized carbons (Fsp3) is 0.189. The number of carbonyl (C=O) groups excluding carboxylic acids is 3. The van der Waals surface area contributed by atoms with E-state index < -0.39 is 63.7 Å². The Labute approximate surface area is 315 Å². The van der Waals surface area contributed by atoms with E-state index in [0.717, 1.165) is 44.1 Å². The maximum absolute atomic E-state index is 14.5. The van der Waals surface area contributed by atoms with E-state index in [1.807, 2.05) is 0 Å². The monoisotopic (exact) mass is 808 g/mol. The molecule has 15 nitrogen and oxygen atoms in total. The number of hydrogen-bond donors (Lipinski definition) is 1. The standard InChI is InChI=1S/C37H32N2O13S3/c1-6-22(40)16-21-18-27(30(55(48,49)52-5)19-29(21)54(46,47)51-4)38-26-14-15-28-33-31(24-12-7-8-13-25(24)36(42)32(26)33)34(37(43)39(28)2)35(41)20-10-9-11-23(17-20)53(44,45)50-3/h7-15,17-19,38H,6,16H2,1-5H3. The molecule has 1 aliphatic rings. The first kappa shape index (κ1) is 39.3. The predicted octanol–water partition coefficient (Wildman–Crippen LogP) is 4.25. The maximum atomic E-state index is 14.5. The Bertz CT molecular complexity index is 2900. The summed E-state index contributed by atoms with van der Waals surface area (Å²) in [6.07, 6.45) is -0.386. The number of hydrogen-bond acceptors (Lipinski definition) is 14. The number of Topliss-reactive ketones (excluding diaryl/α,β-unsaturated/α-hetero) is 1. The first-order chi connectivity index (χ1) is 25.9. The number of anilines is 2. The number of nitrogens with zero attached hydrogens (tertiary/aromatic N) is 1. The Kier molecular flexibility index (Phi) is 10.3. The molecule has 18 heteroatoms. The molecule has 0 aliphatic heterocycles. The molecule has 286 valence electrons. The van der Waals surface area contributed by atoms with E-state index in [1.165, 1.54) is 43.4 Å². The van der Waals surface area contributed by atoms with E-state index in [9.17, 15) is 44.4 Å². The van der Waals surface area contributed by atoms with Gasteiger partial charge in [-0.15, -0.1) is 0 Å². The number of aromatic nitrogens is 1. The molecular formula is C37H32N2O13S3. The van der Waals surface area contributed by atoms with Crippen molar-refractivity contribution in [1.82, 2.24) is 4.57 Å². The van der Waals surface area contributed by atoms with Crippen LogP contribution < -0.4 is 10.9 Å². The SMILES string of the molecule is CCC(=O)Cc1cc(Nc2ccc3c4c2C(=O)c2ccccc2-c4c(C(=O)c2cccc(S(=O)(=O)OC)c2)c(=O)n3C)c(S(=O)(=O)OC)cc1S(=O)(=O)OC. The summed E-state index contributed by atoms with van der Waals surface area (Å²) in [5.74, 6) is -1.80. The van der Waals surface area contributed by atoms with Gasteiger partial charge in [0.15, 0.2) is 11.6 Å². The van der Waals surface area contributed by atoms with Crippen LogP contribution in [0.2, 0.25) is 0 Å². The van der Waals surface area contributed by atoms with Crippen molar-refractivity contribution in [1.29, 1.82) is 0 Å². The van der Waals surface area contributed by atoms with Crippen LogP contribution in [-0.2, 0) is 61.2 Å². The molecule has 0 fully saturated rings. The summed E-state index contributed by atoms with van der Waals surface area (Å²) < 4.78 is 92.8. The highest BCUT2D eigenvalue weighted by Gasteiger charge is 2.35. The summed E-state index contributed by atoms with van der Waals surface area (Å²) in [6.45, 7) is 1.57. The van der Waals surface area contributed by atoms with Gasteiger partial charge in [0, 0.05) is 42.0 Å². The molecule has 5 aromatic rings. The van der Waals surface area contributed by atoms with Crippen LogP contribution in [-0.4, -0.2) is 68.5 Å². The van der Waals surface area contributed by atoms with Crippen LogP contribution in [0, 0.1) is 0 Å². The molecule has 0 saturated heterocycles. The predicted molar refractivity (Wildman–Crippen MR) is 199 cm³/mol. The number of pyridine rings is 1. The summed E-state index contributed by atoms with van der Waals surface area (Å²) in [6, 6.07) is 16.0. The Morgan fingerprint density at radius 2 is 1.35 bits per heavy atom. The molecule has 0 amide bonds. The van der Waals surface area contributed by atoms with Gasteiger partial charge in [0.1, 0.15) is 10.7 Å². The van der Waals surface area contributed by atoms with Crippen LogP contribution >= 0.6 is 0 Å². The Balaban J connectivity index is 1.69. The molecule has 0 spiro atoms. The van der Waals surface area contributed by atoms with Crippen LogP contribution in [0.15, 0.2) is 92.3 Å². The molecule has 1 heterocycles. The average molecular weight is 809 g/mol. The molecule has 1 aliphatic carbocycles. The van der Waals surface area contributed by atoms with E-state index in [1.54, 1.807) is 25.1 Å². The van der Waals surface area contributed by atoms with Crippen LogP contribution in [0.5, 0.6) is 0 Å². The number of fused-ring (bicyclic) bond motifs is 2. The second-order valence-electron chi connectivity index (χ2n) is 12.2. The van der Waals surface area contributed by atoms with Gasteiger partial charge in [0.05, 0.1) is 59.1 Å². The zero-order chi connectivity index (χ0) is 40.2. The Morgan fingerprint density at radius 1 is 0.709 bits per heavy atom. The van der Waals surface area contributed by atoms with Crippen molar-refractivity contribution >= 4 is 70.0 Å². The van der Waals surface area contributed by atoms with Crippen molar-refractivity contribution in [3.8, 4) is 11.1 Å². The molecular weight excluding hydrogens is 777 g/mol. The van der Waals surface area contributed by atoms with Gasteiger partial charge >= 0.3 is 0 Å². The zero-order valence-corrected chi connectivity index (χ0v) is 32.3. The summed E-state index contributed by atoms with van der Waals surface area (Å²) in [4.78, 5) is 54.0. The third-order valence-corrected chi connectivity index (χ3v) is 13.2. The van der Waals surface area contributed by atoms with Crippen LogP contribution in [0.25, 0.3) is 22.0 Å². The number of benzene rings is 4. The molecule has 6 rings (SSSR count). The highest BCUT2D eigenvalue weighted by atomic mass is 32.2. The Morgan fingerprint density at radius 3 is 1.98 bits per heavy atom. The molecule has 0 atom stereocenters. The van der Waals surface area contributed by atoms with Gasteiger partial charge in [-0.05, 0) is 47.5 Å². The first-order valence-corrected chi connectivity index (χ1v) is 20.5. The van der Waals surface area contributed by atoms with Gasteiger partial charge in [-0.1, -0.05) is 43.3 Å². The number of ketones is 3. The minimum atomic E-state index is -4.68. The normalized spacial score (nSPS) is 12.8. The van der Waals surface area contributed by atoms with Crippen molar-refractivity contribution < 1.29 is 52.2 Å². The third-order valence-electron chi connectivity index (χ3n) is 9.25. The van der Waals surface area contributed by atoms with Crippen LogP contribution in [0.3, 0.4) is 0 Å². The quantitative estimate of drug-likeness (QED) is 0.128. The van der Waals surface area contributed by atoms with Gasteiger partial charge in [-0.25, -0.2) is 0 Å². The first-order valence-electron chi connectivity index (χ1n) is 16.3. The fourth-order valence-corrected chi connectivity index (χ4v) is 8.96. The molecule has 0 bridgehead atoms. The molecule has 0 radical (unpaired) electrons. The molecule has 0 saturated carbocycles. The van der Waals surface area contributed by atoms with Gasteiger partial charge in [0.25, 0.3) is 35.9 Å². The van der Waals surface area contributed by atoms with E-state index in [4.69, 9.17) is 4.18 Å². The number of aryl methyl sites for hydroxylation is 1. The summed E-state index contributed by atoms with van der Waals surface area (Å²) in [5.41, 5.74) is -1.14. The van der Waals surface area contributed by atoms with Gasteiger partial charge < -0.3 is 9.88 Å². The molecule has 1 aromatic heterocycles. The van der Waals surface area contributed by atoms with Crippen molar-refractivity contribution in [3.05, 3.63) is 111 Å². The number of carbonyl (C=O) groups is 3. The van der Waals surface area contributed by atoms with Gasteiger partial charge in [-0.3, -0.25) is 31.7 Å². The molecule has 1 N–H and O–H groups in total. The lowest BCUT2D eigenvalue weighted by Gasteiger charge is -2.26. The average Bonchev–Trinajstić information content (AvgIpc) is 3.18. The smallest absolute Gasteiger partial charge is 0.298 e. The summed E-state index contributed by atoms with van der Waals surface area (Å²) >= 11 is 0. The minimum Gasteiger partial charge on any atom is -0.354 e. The topological polar surface area (TPSA) is 215 Å². The lowest BCUT2D eigenvalue weighted by Crippen LogP contribution is -2.29.